The Hall–Kier alpha value is -1.49. The number of rotatable bonds is 6. The Bertz CT molecular complexity index is 472. The number of carbonyl (C=O) groups excluding carboxylic acids is 2. The normalized spacial score (nSPS) is 12.0. The predicted octanol–water partition coefficient (Wildman–Crippen LogP) is 3.21. The van der Waals surface area contributed by atoms with Crippen LogP contribution in [-0.2, 0) is 0 Å². The maximum atomic E-state index is 12.1. The Kier molecular flexibility index (Phi) is 7.29. The van der Waals surface area contributed by atoms with E-state index in [1.807, 2.05) is 39.8 Å². The molecule has 2 N–H and O–H groups in total. The van der Waals surface area contributed by atoms with Gasteiger partial charge in [-0.05, 0) is 30.7 Å². The number of aryl methyl sites for hydroxylation is 1. The first-order chi connectivity index (χ1) is 9.93. The average molecular weight is 308 g/mol. The molecule has 2 amide bonds. The highest BCUT2D eigenvalue weighted by Gasteiger charge is 2.17. The fourth-order valence-electron chi connectivity index (χ4n) is 1.79. The summed E-state index contributed by atoms with van der Waals surface area (Å²) in [6, 6.07) is 7.37. The van der Waals surface area contributed by atoms with Gasteiger partial charge in [-0.1, -0.05) is 50.2 Å². The molecule has 0 aliphatic heterocycles. The molecule has 0 saturated carbocycles. The van der Waals surface area contributed by atoms with E-state index < -0.39 is 0 Å². The molecule has 1 atom stereocenters. The van der Waals surface area contributed by atoms with Crippen molar-refractivity contribution in [2.45, 2.75) is 33.7 Å². The Labute approximate surface area is 131 Å². The quantitative estimate of drug-likeness (QED) is 0.848. The lowest BCUT2D eigenvalue weighted by atomic mass is 10.0. The number of benzene rings is 1. The maximum absolute atomic E-state index is 12.1. The van der Waals surface area contributed by atoms with Crippen molar-refractivity contribution >= 4 is 22.9 Å². The van der Waals surface area contributed by atoms with Crippen molar-refractivity contribution in [1.29, 1.82) is 0 Å². The minimum atomic E-state index is -0.113. The molecule has 0 aromatic heterocycles. The Morgan fingerprint density at radius 2 is 1.81 bits per heavy atom. The smallest absolute Gasteiger partial charge is 0.279 e. The molecule has 1 aromatic rings. The van der Waals surface area contributed by atoms with Gasteiger partial charge in [0.15, 0.2) is 0 Å². The van der Waals surface area contributed by atoms with E-state index in [1.165, 1.54) is 11.8 Å². The fourth-order valence-corrected chi connectivity index (χ4v) is 2.28. The number of thioether (sulfide) groups is 1. The Morgan fingerprint density at radius 1 is 1.19 bits per heavy atom. The van der Waals surface area contributed by atoms with E-state index in [0.717, 1.165) is 11.3 Å². The first-order valence-corrected chi connectivity index (χ1v) is 8.20. The molecule has 116 valence electrons. The van der Waals surface area contributed by atoms with Crippen molar-refractivity contribution in [2.24, 2.45) is 5.92 Å². The molecule has 4 nitrogen and oxygen atoms in total. The summed E-state index contributed by atoms with van der Waals surface area (Å²) in [5, 5.41) is 5.79. The molecule has 0 saturated heterocycles. The van der Waals surface area contributed by atoms with Crippen molar-refractivity contribution in [3.05, 3.63) is 35.4 Å². The molecule has 0 bridgehead atoms. The Morgan fingerprint density at radius 3 is 2.33 bits per heavy atom. The molecule has 0 spiro atoms. The second kappa shape index (κ2) is 8.72. The summed E-state index contributed by atoms with van der Waals surface area (Å²) in [6.45, 7) is 8.41. The van der Waals surface area contributed by atoms with Gasteiger partial charge in [0.05, 0.1) is 0 Å². The van der Waals surface area contributed by atoms with E-state index in [1.54, 1.807) is 12.1 Å². The van der Waals surface area contributed by atoms with E-state index >= 15 is 0 Å². The number of hydrogen-bond acceptors (Lipinski definition) is 3. The van der Waals surface area contributed by atoms with E-state index in [4.69, 9.17) is 0 Å². The third kappa shape index (κ3) is 6.21. The lowest BCUT2D eigenvalue weighted by Gasteiger charge is -2.22. The zero-order chi connectivity index (χ0) is 15.8. The van der Waals surface area contributed by atoms with Crippen LogP contribution in [0.3, 0.4) is 0 Å². The van der Waals surface area contributed by atoms with Gasteiger partial charge in [0.2, 0.25) is 0 Å². The van der Waals surface area contributed by atoms with Crippen LogP contribution in [0.2, 0.25) is 0 Å². The van der Waals surface area contributed by atoms with E-state index in [9.17, 15) is 9.59 Å². The van der Waals surface area contributed by atoms with Crippen molar-refractivity contribution in [1.82, 2.24) is 10.6 Å². The minimum Gasteiger partial charge on any atom is -0.350 e. The number of hydrogen-bond donors (Lipinski definition) is 2. The lowest BCUT2D eigenvalue weighted by Crippen LogP contribution is -2.45. The highest BCUT2D eigenvalue weighted by molar-refractivity contribution is 8.13. The average Bonchev–Trinajstić information content (AvgIpc) is 2.43. The van der Waals surface area contributed by atoms with Crippen molar-refractivity contribution in [3.63, 3.8) is 0 Å². The predicted molar refractivity (Wildman–Crippen MR) is 88.8 cm³/mol. The van der Waals surface area contributed by atoms with Crippen LogP contribution >= 0.6 is 11.8 Å². The molecule has 1 aromatic carbocycles. The maximum Gasteiger partial charge on any atom is 0.279 e. The van der Waals surface area contributed by atoms with Crippen LogP contribution in [0.4, 0.5) is 4.79 Å². The zero-order valence-corrected chi connectivity index (χ0v) is 13.9. The van der Waals surface area contributed by atoms with Gasteiger partial charge >= 0.3 is 0 Å². The van der Waals surface area contributed by atoms with Gasteiger partial charge in [-0.3, -0.25) is 9.59 Å². The number of nitrogens with one attached hydrogen (secondary N) is 2. The minimum absolute atomic E-state index is 0.0409. The summed E-state index contributed by atoms with van der Waals surface area (Å²) in [4.78, 5) is 23.7. The van der Waals surface area contributed by atoms with Gasteiger partial charge in [-0.2, -0.15) is 0 Å². The molecule has 0 heterocycles. The van der Waals surface area contributed by atoms with Gasteiger partial charge in [0.25, 0.3) is 11.1 Å². The van der Waals surface area contributed by atoms with Gasteiger partial charge < -0.3 is 10.6 Å². The highest BCUT2D eigenvalue weighted by atomic mass is 32.2. The standard InChI is InChI=1S/C16H24N2O2S/c1-5-21-16(20)18-14(11(2)3)10-17-15(19)13-8-6-12(4)7-9-13/h6-9,11,14H,5,10H2,1-4H3,(H,17,19)(H,18,20). The van der Waals surface area contributed by atoms with Crippen LogP contribution in [0.5, 0.6) is 0 Å². The molecule has 0 fully saturated rings. The monoisotopic (exact) mass is 308 g/mol. The molecule has 1 unspecified atom stereocenters. The lowest BCUT2D eigenvalue weighted by molar-refractivity contribution is 0.0947. The fraction of sp³-hybridized carbons (Fsp3) is 0.500. The van der Waals surface area contributed by atoms with Crippen molar-refractivity contribution in [3.8, 4) is 0 Å². The summed E-state index contributed by atoms with van der Waals surface area (Å²) in [5.74, 6) is 0.884. The van der Waals surface area contributed by atoms with Gasteiger partial charge in [-0.25, -0.2) is 0 Å². The van der Waals surface area contributed by atoms with Crippen molar-refractivity contribution in [2.75, 3.05) is 12.3 Å². The highest BCUT2D eigenvalue weighted by Crippen LogP contribution is 2.07. The van der Waals surface area contributed by atoms with Gasteiger partial charge in [-0.15, -0.1) is 0 Å². The molecule has 5 heteroatoms. The molecule has 0 aliphatic rings. The molecule has 0 radical (unpaired) electrons. The van der Waals surface area contributed by atoms with E-state index in [-0.39, 0.29) is 23.1 Å². The summed E-state index contributed by atoms with van der Waals surface area (Å²) < 4.78 is 0. The molecular formula is C16H24N2O2S. The first kappa shape index (κ1) is 17.6. The van der Waals surface area contributed by atoms with Crippen LogP contribution in [0.15, 0.2) is 24.3 Å². The molecule has 1 rings (SSSR count). The summed E-state index contributed by atoms with van der Waals surface area (Å²) in [5.41, 5.74) is 1.76. The third-order valence-electron chi connectivity index (χ3n) is 3.18. The molecular weight excluding hydrogens is 284 g/mol. The van der Waals surface area contributed by atoms with Crippen LogP contribution in [-0.4, -0.2) is 29.5 Å². The topological polar surface area (TPSA) is 58.2 Å². The third-order valence-corrected chi connectivity index (χ3v) is 3.85. The van der Waals surface area contributed by atoms with Crippen LogP contribution in [0.1, 0.15) is 36.7 Å². The van der Waals surface area contributed by atoms with E-state index in [0.29, 0.717) is 12.1 Å². The first-order valence-electron chi connectivity index (χ1n) is 7.22. The second-order valence-corrected chi connectivity index (χ2v) is 6.53. The zero-order valence-electron chi connectivity index (χ0n) is 13.1. The second-order valence-electron chi connectivity index (χ2n) is 5.29. The van der Waals surface area contributed by atoms with Gasteiger partial charge in [0.1, 0.15) is 0 Å². The summed E-state index contributed by atoms with van der Waals surface area (Å²) in [7, 11) is 0. The van der Waals surface area contributed by atoms with Crippen LogP contribution < -0.4 is 10.6 Å². The van der Waals surface area contributed by atoms with Crippen LogP contribution in [0.25, 0.3) is 0 Å². The van der Waals surface area contributed by atoms with Crippen molar-refractivity contribution < 1.29 is 9.59 Å². The number of amides is 2. The molecule has 0 aliphatic carbocycles. The summed E-state index contributed by atoms with van der Waals surface area (Å²) >= 11 is 1.25. The molecule has 21 heavy (non-hydrogen) atoms. The van der Waals surface area contributed by atoms with Crippen LogP contribution in [0, 0.1) is 12.8 Å². The number of carbonyl (C=O) groups is 2. The summed E-state index contributed by atoms with van der Waals surface area (Å²) in [6.07, 6.45) is 0. The SMILES string of the molecule is CCSC(=O)NC(CNC(=O)c1ccc(C)cc1)C(C)C. The Balaban J connectivity index is 2.54. The van der Waals surface area contributed by atoms with Gasteiger partial charge in [0, 0.05) is 18.2 Å². The largest absolute Gasteiger partial charge is 0.350 e. The van der Waals surface area contributed by atoms with E-state index in [2.05, 4.69) is 10.6 Å².